The summed E-state index contributed by atoms with van der Waals surface area (Å²) in [6, 6.07) is 8.41. The Labute approximate surface area is 158 Å². The maximum Gasteiger partial charge on any atom is 0.119 e. The number of hydrogen-bond donors (Lipinski definition) is 2. The minimum Gasteiger partial charge on any atom is -0.508 e. The number of allylic oxidation sites excluding steroid dienone is 14. The molecular formula is C25H20O2. The van der Waals surface area contributed by atoms with E-state index in [9.17, 15) is 10.2 Å². The summed E-state index contributed by atoms with van der Waals surface area (Å²) in [5.41, 5.74) is 7.84. The minimum atomic E-state index is 0.0292. The van der Waals surface area contributed by atoms with Gasteiger partial charge in [0, 0.05) is 17.1 Å². The van der Waals surface area contributed by atoms with Crippen LogP contribution in [-0.4, -0.2) is 10.2 Å². The quantitative estimate of drug-likeness (QED) is 0.590. The van der Waals surface area contributed by atoms with Crippen LogP contribution in [0.15, 0.2) is 107 Å². The molecule has 1 aromatic carbocycles. The lowest BCUT2D eigenvalue weighted by molar-refractivity contribution is 0.418. The highest BCUT2D eigenvalue weighted by atomic mass is 16.3. The highest BCUT2D eigenvalue weighted by Crippen LogP contribution is 2.54. The van der Waals surface area contributed by atoms with Crippen LogP contribution in [0.5, 0.6) is 0 Å². The Hall–Kier alpha value is -3.26. The molecule has 2 heteroatoms. The fourth-order valence-corrected chi connectivity index (χ4v) is 4.52. The largest absolute Gasteiger partial charge is 0.508 e. The molecule has 1 unspecified atom stereocenters. The van der Waals surface area contributed by atoms with Gasteiger partial charge in [0.25, 0.3) is 0 Å². The van der Waals surface area contributed by atoms with E-state index < -0.39 is 0 Å². The molecule has 0 aromatic heterocycles. The van der Waals surface area contributed by atoms with Crippen molar-refractivity contribution in [1.82, 2.24) is 0 Å². The number of fused-ring (bicyclic) bond motifs is 3. The van der Waals surface area contributed by atoms with E-state index in [1.54, 1.807) is 12.2 Å². The van der Waals surface area contributed by atoms with Crippen molar-refractivity contribution in [2.75, 3.05) is 0 Å². The lowest BCUT2D eigenvalue weighted by Gasteiger charge is -2.26. The van der Waals surface area contributed by atoms with Crippen LogP contribution in [-0.2, 0) is 0 Å². The Morgan fingerprint density at radius 1 is 0.741 bits per heavy atom. The average Bonchev–Trinajstić information content (AvgIpc) is 3.04. The lowest BCUT2D eigenvalue weighted by atomic mass is 9.78. The monoisotopic (exact) mass is 352 g/mol. The van der Waals surface area contributed by atoms with E-state index in [-0.39, 0.29) is 5.92 Å². The van der Waals surface area contributed by atoms with Crippen LogP contribution < -0.4 is 0 Å². The number of aliphatic hydroxyl groups excluding tert-OH is 2. The first-order valence-electron chi connectivity index (χ1n) is 9.32. The number of benzene rings is 1. The molecule has 4 aliphatic rings. The molecule has 0 heterocycles. The smallest absolute Gasteiger partial charge is 0.119 e. The minimum absolute atomic E-state index is 0.0292. The van der Waals surface area contributed by atoms with Crippen LogP contribution in [0.1, 0.15) is 24.0 Å². The summed E-state index contributed by atoms with van der Waals surface area (Å²) in [5, 5.41) is 21.1. The van der Waals surface area contributed by atoms with E-state index in [4.69, 9.17) is 0 Å². The maximum absolute atomic E-state index is 10.6. The van der Waals surface area contributed by atoms with Gasteiger partial charge in [-0.25, -0.2) is 0 Å². The zero-order chi connectivity index (χ0) is 18.4. The third-order valence-electron chi connectivity index (χ3n) is 5.71. The first-order valence-corrected chi connectivity index (χ1v) is 9.32. The van der Waals surface area contributed by atoms with E-state index in [0.29, 0.717) is 24.4 Å². The summed E-state index contributed by atoms with van der Waals surface area (Å²) in [6.07, 6.45) is 19.2. The second-order valence-electron chi connectivity index (χ2n) is 7.15. The molecule has 2 N–H and O–H groups in total. The van der Waals surface area contributed by atoms with E-state index in [0.717, 1.165) is 22.3 Å². The Bertz CT molecular complexity index is 1080. The summed E-state index contributed by atoms with van der Waals surface area (Å²) in [6.45, 7) is 0. The second kappa shape index (κ2) is 6.17. The zero-order valence-corrected chi connectivity index (χ0v) is 14.9. The van der Waals surface area contributed by atoms with Gasteiger partial charge in [-0.2, -0.15) is 0 Å². The molecule has 4 aliphatic carbocycles. The Kier molecular flexibility index (Phi) is 3.64. The van der Waals surface area contributed by atoms with Crippen molar-refractivity contribution in [3.05, 3.63) is 118 Å². The molecule has 0 saturated carbocycles. The highest BCUT2D eigenvalue weighted by molar-refractivity contribution is 6.00. The van der Waals surface area contributed by atoms with Gasteiger partial charge in [-0.15, -0.1) is 0 Å². The van der Waals surface area contributed by atoms with Gasteiger partial charge in [-0.1, -0.05) is 66.8 Å². The molecule has 1 aromatic rings. The third kappa shape index (κ3) is 2.41. The van der Waals surface area contributed by atoms with Crippen LogP contribution in [0.25, 0.3) is 11.1 Å². The van der Waals surface area contributed by atoms with Crippen LogP contribution in [0.3, 0.4) is 0 Å². The standard InChI is InChI=1S/C25H20O2/c26-22-14-5-3-9-17(22)20-13-7-12-19-16-8-1-2-10-18(16)25(24(19)20)21-11-4-6-15-23(21)27/h1-8,10,12-15,24,26-27H,9,11H2. The molecule has 0 bridgehead atoms. The molecule has 0 spiro atoms. The topological polar surface area (TPSA) is 40.5 Å². The molecule has 5 rings (SSSR count). The van der Waals surface area contributed by atoms with Crippen molar-refractivity contribution in [3.63, 3.8) is 0 Å². The van der Waals surface area contributed by atoms with Crippen molar-refractivity contribution >= 4 is 11.1 Å². The highest BCUT2D eigenvalue weighted by Gasteiger charge is 2.38. The lowest BCUT2D eigenvalue weighted by Crippen LogP contribution is -2.11. The van der Waals surface area contributed by atoms with Crippen LogP contribution in [0.4, 0.5) is 0 Å². The maximum atomic E-state index is 10.6. The van der Waals surface area contributed by atoms with Gasteiger partial charge in [-0.3, -0.25) is 0 Å². The van der Waals surface area contributed by atoms with Crippen molar-refractivity contribution in [2.24, 2.45) is 5.92 Å². The van der Waals surface area contributed by atoms with Crippen LogP contribution in [0, 0.1) is 5.92 Å². The van der Waals surface area contributed by atoms with Crippen LogP contribution in [0.2, 0.25) is 0 Å². The summed E-state index contributed by atoms with van der Waals surface area (Å²) in [4.78, 5) is 0. The molecule has 27 heavy (non-hydrogen) atoms. The van der Waals surface area contributed by atoms with Gasteiger partial charge in [0.1, 0.15) is 11.5 Å². The van der Waals surface area contributed by atoms with Crippen molar-refractivity contribution in [2.45, 2.75) is 12.8 Å². The van der Waals surface area contributed by atoms with Gasteiger partial charge in [-0.05, 0) is 52.8 Å². The molecular weight excluding hydrogens is 332 g/mol. The van der Waals surface area contributed by atoms with Gasteiger partial charge >= 0.3 is 0 Å². The number of aliphatic hydroxyl groups is 2. The molecule has 0 radical (unpaired) electrons. The fraction of sp³-hybridized carbons (Fsp3) is 0.120. The Balaban J connectivity index is 1.80. The second-order valence-corrected chi connectivity index (χ2v) is 7.15. The predicted octanol–water partition coefficient (Wildman–Crippen LogP) is 6.12. The van der Waals surface area contributed by atoms with Crippen molar-refractivity contribution in [1.29, 1.82) is 0 Å². The first-order chi connectivity index (χ1) is 13.3. The molecule has 1 atom stereocenters. The molecule has 0 saturated heterocycles. The molecule has 0 amide bonds. The normalized spacial score (nSPS) is 28.4. The predicted molar refractivity (Wildman–Crippen MR) is 110 cm³/mol. The first kappa shape index (κ1) is 16.0. The molecule has 2 nitrogen and oxygen atoms in total. The fourth-order valence-electron chi connectivity index (χ4n) is 4.52. The summed E-state index contributed by atoms with van der Waals surface area (Å²) in [7, 11) is 0. The van der Waals surface area contributed by atoms with Gasteiger partial charge in [0.15, 0.2) is 0 Å². The number of rotatable bonds is 0. The van der Waals surface area contributed by atoms with E-state index >= 15 is 0 Å². The van der Waals surface area contributed by atoms with Gasteiger partial charge < -0.3 is 10.2 Å². The zero-order valence-electron chi connectivity index (χ0n) is 14.9. The average molecular weight is 352 g/mol. The van der Waals surface area contributed by atoms with Crippen molar-refractivity contribution < 1.29 is 10.2 Å². The van der Waals surface area contributed by atoms with Crippen molar-refractivity contribution in [3.8, 4) is 0 Å². The summed E-state index contributed by atoms with van der Waals surface area (Å²) >= 11 is 0. The van der Waals surface area contributed by atoms with E-state index in [2.05, 4.69) is 54.6 Å². The Morgan fingerprint density at radius 3 is 2.11 bits per heavy atom. The van der Waals surface area contributed by atoms with Crippen LogP contribution >= 0.6 is 0 Å². The van der Waals surface area contributed by atoms with E-state index in [1.807, 2.05) is 12.2 Å². The summed E-state index contributed by atoms with van der Waals surface area (Å²) in [5.74, 6) is 0.703. The third-order valence-corrected chi connectivity index (χ3v) is 5.71. The SMILES string of the molecule is OC1=CC=CCC1=C1C=CC=C2c3ccccc3C(=C3CC=CC=C3O)C21. The molecule has 0 aliphatic heterocycles. The summed E-state index contributed by atoms with van der Waals surface area (Å²) < 4.78 is 0. The van der Waals surface area contributed by atoms with E-state index in [1.165, 1.54) is 16.7 Å². The molecule has 0 fully saturated rings. The van der Waals surface area contributed by atoms with Gasteiger partial charge in [0.05, 0.1) is 0 Å². The number of hydrogen-bond acceptors (Lipinski definition) is 2. The molecule has 132 valence electrons. The van der Waals surface area contributed by atoms with Gasteiger partial charge in [0.2, 0.25) is 0 Å². The Morgan fingerprint density at radius 2 is 1.41 bits per heavy atom.